The predicted octanol–water partition coefficient (Wildman–Crippen LogP) is 3.38. The van der Waals surface area contributed by atoms with Crippen molar-refractivity contribution in [3.63, 3.8) is 0 Å². The molecular weight excluding hydrogens is 238 g/mol. The molecule has 3 heteroatoms. The van der Waals surface area contributed by atoms with E-state index in [1.54, 1.807) is 4.90 Å². The lowest BCUT2D eigenvalue weighted by Crippen LogP contribution is -2.29. The molecule has 19 heavy (non-hydrogen) atoms. The molecule has 0 bridgehead atoms. The SMILES string of the molecule is CCOC1c2ccccc2C(=O)N1c1ccccc1. The number of anilines is 1. The van der Waals surface area contributed by atoms with E-state index >= 15 is 0 Å². The van der Waals surface area contributed by atoms with E-state index in [9.17, 15) is 4.79 Å². The molecule has 1 unspecified atom stereocenters. The first kappa shape index (κ1) is 11.9. The third-order valence-corrected chi connectivity index (χ3v) is 3.27. The molecule has 0 radical (unpaired) electrons. The molecule has 1 atom stereocenters. The van der Waals surface area contributed by atoms with E-state index in [0.717, 1.165) is 16.8 Å². The number of ether oxygens (including phenoxy) is 1. The molecule has 2 aromatic carbocycles. The molecule has 2 aromatic rings. The quantitative estimate of drug-likeness (QED) is 0.839. The maximum absolute atomic E-state index is 12.5. The number of para-hydroxylation sites is 1. The number of hydrogen-bond acceptors (Lipinski definition) is 2. The Kier molecular flexibility index (Phi) is 3.05. The van der Waals surface area contributed by atoms with Crippen molar-refractivity contribution in [2.75, 3.05) is 11.5 Å². The lowest BCUT2D eigenvalue weighted by atomic mass is 10.1. The molecule has 0 aliphatic carbocycles. The van der Waals surface area contributed by atoms with Gasteiger partial charge in [0.15, 0.2) is 6.23 Å². The van der Waals surface area contributed by atoms with E-state index in [1.807, 2.05) is 61.5 Å². The summed E-state index contributed by atoms with van der Waals surface area (Å²) in [7, 11) is 0. The van der Waals surface area contributed by atoms with Gasteiger partial charge in [0.05, 0.1) is 0 Å². The van der Waals surface area contributed by atoms with Gasteiger partial charge in [-0.25, -0.2) is 0 Å². The number of fused-ring (bicyclic) bond motifs is 1. The van der Waals surface area contributed by atoms with Crippen molar-refractivity contribution < 1.29 is 9.53 Å². The van der Waals surface area contributed by atoms with Crippen LogP contribution in [0.25, 0.3) is 0 Å². The van der Waals surface area contributed by atoms with Gasteiger partial charge in [0.25, 0.3) is 5.91 Å². The summed E-state index contributed by atoms with van der Waals surface area (Å²) in [4.78, 5) is 14.2. The largest absolute Gasteiger partial charge is 0.354 e. The first-order valence-electron chi connectivity index (χ1n) is 6.42. The molecule has 0 aromatic heterocycles. The molecule has 0 N–H and O–H groups in total. The Bertz CT molecular complexity index is 595. The monoisotopic (exact) mass is 253 g/mol. The molecule has 0 fully saturated rings. The highest BCUT2D eigenvalue weighted by Gasteiger charge is 2.37. The highest BCUT2D eigenvalue weighted by molar-refractivity contribution is 6.10. The van der Waals surface area contributed by atoms with Crippen LogP contribution in [0.1, 0.15) is 29.1 Å². The summed E-state index contributed by atoms with van der Waals surface area (Å²) in [6.07, 6.45) is -0.323. The fourth-order valence-corrected chi connectivity index (χ4v) is 2.45. The summed E-state index contributed by atoms with van der Waals surface area (Å²) in [6.45, 7) is 2.50. The molecule has 0 spiro atoms. The van der Waals surface area contributed by atoms with Crippen LogP contribution in [-0.4, -0.2) is 12.5 Å². The summed E-state index contributed by atoms with van der Waals surface area (Å²) in [5.74, 6) is 0.000231. The zero-order chi connectivity index (χ0) is 13.2. The minimum absolute atomic E-state index is 0.000231. The van der Waals surface area contributed by atoms with Crippen LogP contribution in [0, 0.1) is 0 Å². The van der Waals surface area contributed by atoms with E-state index in [1.165, 1.54) is 0 Å². The second kappa shape index (κ2) is 4.86. The molecule has 96 valence electrons. The minimum Gasteiger partial charge on any atom is -0.354 e. The van der Waals surface area contributed by atoms with Crippen LogP contribution >= 0.6 is 0 Å². The van der Waals surface area contributed by atoms with Gasteiger partial charge >= 0.3 is 0 Å². The second-order valence-electron chi connectivity index (χ2n) is 4.41. The maximum Gasteiger partial charge on any atom is 0.261 e. The van der Waals surface area contributed by atoms with E-state index in [-0.39, 0.29) is 12.1 Å². The Morgan fingerprint density at radius 3 is 2.47 bits per heavy atom. The molecule has 1 heterocycles. The van der Waals surface area contributed by atoms with E-state index in [2.05, 4.69) is 0 Å². The van der Waals surface area contributed by atoms with Crippen LogP contribution in [0.4, 0.5) is 5.69 Å². The summed E-state index contributed by atoms with van der Waals surface area (Å²) in [6, 6.07) is 17.3. The lowest BCUT2D eigenvalue weighted by Gasteiger charge is -2.25. The van der Waals surface area contributed by atoms with Gasteiger partial charge in [0.1, 0.15) is 0 Å². The number of amides is 1. The van der Waals surface area contributed by atoms with Crippen molar-refractivity contribution in [2.24, 2.45) is 0 Å². The average molecular weight is 253 g/mol. The van der Waals surface area contributed by atoms with Crippen LogP contribution in [0.3, 0.4) is 0 Å². The molecule has 1 aliphatic rings. The number of carbonyl (C=O) groups is 1. The number of benzene rings is 2. The Labute approximate surface area is 112 Å². The Hall–Kier alpha value is -2.13. The summed E-state index contributed by atoms with van der Waals surface area (Å²) in [5.41, 5.74) is 2.53. The summed E-state index contributed by atoms with van der Waals surface area (Å²) in [5, 5.41) is 0. The molecular formula is C16H15NO2. The predicted molar refractivity (Wildman–Crippen MR) is 74.1 cm³/mol. The van der Waals surface area contributed by atoms with E-state index < -0.39 is 0 Å². The zero-order valence-electron chi connectivity index (χ0n) is 10.7. The van der Waals surface area contributed by atoms with Gasteiger partial charge in [-0.3, -0.25) is 9.69 Å². The van der Waals surface area contributed by atoms with Crippen molar-refractivity contribution >= 4 is 11.6 Å². The van der Waals surface area contributed by atoms with Gasteiger partial charge < -0.3 is 4.74 Å². The van der Waals surface area contributed by atoms with E-state index in [4.69, 9.17) is 4.74 Å². The fourth-order valence-electron chi connectivity index (χ4n) is 2.45. The molecule has 3 nitrogen and oxygen atoms in total. The molecule has 0 saturated heterocycles. The number of carbonyl (C=O) groups excluding carboxylic acids is 1. The topological polar surface area (TPSA) is 29.5 Å². The highest BCUT2D eigenvalue weighted by Crippen LogP contribution is 2.37. The average Bonchev–Trinajstić information content (AvgIpc) is 2.74. The Morgan fingerprint density at radius 1 is 1.05 bits per heavy atom. The van der Waals surface area contributed by atoms with Crippen LogP contribution in [0.15, 0.2) is 54.6 Å². The first-order chi connectivity index (χ1) is 9.33. The lowest BCUT2D eigenvalue weighted by molar-refractivity contribution is 0.0599. The van der Waals surface area contributed by atoms with Gasteiger partial charge in [-0.1, -0.05) is 36.4 Å². The zero-order valence-corrected chi connectivity index (χ0v) is 10.7. The smallest absolute Gasteiger partial charge is 0.261 e. The van der Waals surface area contributed by atoms with Crippen LogP contribution in [0.2, 0.25) is 0 Å². The van der Waals surface area contributed by atoms with Gasteiger partial charge in [0, 0.05) is 23.4 Å². The van der Waals surface area contributed by atoms with Crippen LogP contribution in [0.5, 0.6) is 0 Å². The molecule has 1 aliphatic heterocycles. The summed E-state index contributed by atoms with van der Waals surface area (Å²) >= 11 is 0. The van der Waals surface area contributed by atoms with Gasteiger partial charge in [-0.2, -0.15) is 0 Å². The third-order valence-electron chi connectivity index (χ3n) is 3.27. The van der Waals surface area contributed by atoms with Crippen molar-refractivity contribution in [1.29, 1.82) is 0 Å². The van der Waals surface area contributed by atoms with Crippen molar-refractivity contribution in [3.05, 3.63) is 65.7 Å². The van der Waals surface area contributed by atoms with Crippen molar-refractivity contribution in [2.45, 2.75) is 13.2 Å². The third kappa shape index (κ3) is 1.92. The molecule has 0 saturated carbocycles. The van der Waals surface area contributed by atoms with Crippen molar-refractivity contribution in [3.8, 4) is 0 Å². The number of hydrogen-bond donors (Lipinski definition) is 0. The minimum atomic E-state index is -0.323. The van der Waals surface area contributed by atoms with Crippen LogP contribution in [-0.2, 0) is 4.74 Å². The van der Waals surface area contributed by atoms with Crippen LogP contribution < -0.4 is 4.90 Å². The summed E-state index contributed by atoms with van der Waals surface area (Å²) < 4.78 is 5.77. The van der Waals surface area contributed by atoms with Gasteiger partial charge in [0.2, 0.25) is 0 Å². The number of nitrogens with zero attached hydrogens (tertiary/aromatic N) is 1. The number of rotatable bonds is 3. The van der Waals surface area contributed by atoms with Crippen molar-refractivity contribution in [1.82, 2.24) is 0 Å². The van der Waals surface area contributed by atoms with Gasteiger partial charge in [-0.15, -0.1) is 0 Å². The highest BCUT2D eigenvalue weighted by atomic mass is 16.5. The fraction of sp³-hybridized carbons (Fsp3) is 0.188. The second-order valence-corrected chi connectivity index (χ2v) is 4.41. The first-order valence-corrected chi connectivity index (χ1v) is 6.42. The Balaban J connectivity index is 2.08. The van der Waals surface area contributed by atoms with Gasteiger partial charge in [-0.05, 0) is 25.1 Å². The molecule has 3 rings (SSSR count). The normalized spacial score (nSPS) is 17.6. The Morgan fingerprint density at radius 2 is 1.74 bits per heavy atom. The maximum atomic E-state index is 12.5. The van der Waals surface area contributed by atoms with E-state index in [0.29, 0.717) is 6.61 Å². The standard InChI is InChI=1S/C16H15NO2/c1-2-19-16-14-11-7-6-10-13(14)15(18)17(16)12-8-4-3-5-9-12/h3-11,16H,2H2,1H3. The molecule has 1 amide bonds.